The van der Waals surface area contributed by atoms with Crippen molar-refractivity contribution >= 4 is 15.9 Å². The molecule has 0 saturated heterocycles. The molecule has 0 unspecified atom stereocenters. The summed E-state index contributed by atoms with van der Waals surface area (Å²) >= 11 is 3.37. The Hall–Kier alpha value is -1.88. The van der Waals surface area contributed by atoms with Gasteiger partial charge in [-0.25, -0.2) is 0 Å². The van der Waals surface area contributed by atoms with Crippen LogP contribution in [0.2, 0.25) is 0 Å². The fraction of sp³-hybridized carbons (Fsp3) is 0.200. The van der Waals surface area contributed by atoms with Gasteiger partial charge >= 0.3 is 0 Å². The Morgan fingerprint density at radius 1 is 1.25 bits per heavy atom. The molecule has 104 valence electrons. The second-order valence-electron chi connectivity index (χ2n) is 4.38. The van der Waals surface area contributed by atoms with Gasteiger partial charge in [-0.15, -0.1) is 0 Å². The normalized spacial score (nSPS) is 11.9. The molecule has 0 spiro atoms. The van der Waals surface area contributed by atoms with Gasteiger partial charge in [0.15, 0.2) is 0 Å². The molecule has 4 nitrogen and oxygen atoms in total. The summed E-state index contributed by atoms with van der Waals surface area (Å²) in [4.78, 5) is 11.0. The fourth-order valence-electron chi connectivity index (χ4n) is 2.04. The van der Waals surface area contributed by atoms with E-state index in [9.17, 15) is 10.1 Å². The minimum absolute atomic E-state index is 0.246. The lowest BCUT2D eigenvalue weighted by atomic mass is 9.99. The summed E-state index contributed by atoms with van der Waals surface area (Å²) in [7, 11) is 1.58. The van der Waals surface area contributed by atoms with Crippen LogP contribution in [0.15, 0.2) is 53.0 Å². The number of ether oxygens (including phenoxy) is 1. The first-order valence-electron chi connectivity index (χ1n) is 6.12. The smallest absolute Gasteiger partial charge is 0.242 e. The zero-order valence-electron chi connectivity index (χ0n) is 11.0. The Balaban J connectivity index is 2.27. The standard InChI is InChI=1S/C15H14BrNO3/c1-20-15-10-11(7-8-13(15)16)9-14(17(18)19)12-5-3-2-4-6-12/h2-8,10,14H,9H2,1H3/t14-/m0/s1. The molecule has 0 saturated carbocycles. The molecule has 0 aliphatic rings. The molecule has 0 radical (unpaired) electrons. The topological polar surface area (TPSA) is 52.4 Å². The number of halogens is 1. The van der Waals surface area contributed by atoms with Crippen LogP contribution < -0.4 is 4.74 Å². The highest BCUT2D eigenvalue weighted by Gasteiger charge is 2.23. The van der Waals surface area contributed by atoms with Gasteiger partial charge in [0.1, 0.15) is 5.75 Å². The predicted molar refractivity (Wildman–Crippen MR) is 80.6 cm³/mol. The number of rotatable bonds is 5. The van der Waals surface area contributed by atoms with Gasteiger partial charge in [-0.2, -0.15) is 0 Å². The average Bonchev–Trinajstić information content (AvgIpc) is 2.47. The Labute approximate surface area is 125 Å². The SMILES string of the molecule is COc1cc(C[C@@H](c2ccccc2)[N+](=O)[O-])ccc1Br. The summed E-state index contributed by atoms with van der Waals surface area (Å²) in [6, 6.07) is 13.8. The zero-order chi connectivity index (χ0) is 14.5. The van der Waals surface area contributed by atoms with E-state index in [0.717, 1.165) is 10.0 Å². The van der Waals surface area contributed by atoms with E-state index in [1.165, 1.54) is 0 Å². The molecule has 0 bridgehead atoms. The lowest BCUT2D eigenvalue weighted by Crippen LogP contribution is -2.13. The van der Waals surface area contributed by atoms with Gasteiger partial charge in [0, 0.05) is 16.9 Å². The maximum absolute atomic E-state index is 11.3. The summed E-state index contributed by atoms with van der Waals surface area (Å²) < 4.78 is 6.05. The van der Waals surface area contributed by atoms with Crippen molar-refractivity contribution in [3.05, 3.63) is 74.2 Å². The molecule has 0 aliphatic carbocycles. The molecule has 0 aliphatic heterocycles. The number of methoxy groups -OCH3 is 1. The number of benzene rings is 2. The number of hydrogen-bond acceptors (Lipinski definition) is 3. The van der Waals surface area contributed by atoms with Crippen LogP contribution >= 0.6 is 15.9 Å². The number of hydrogen-bond donors (Lipinski definition) is 0. The Kier molecular flexibility index (Phi) is 4.74. The lowest BCUT2D eigenvalue weighted by Gasteiger charge is -2.11. The number of nitrogens with zero attached hydrogens (tertiary/aromatic N) is 1. The average molecular weight is 336 g/mol. The van der Waals surface area contributed by atoms with Crippen molar-refractivity contribution in [2.24, 2.45) is 0 Å². The van der Waals surface area contributed by atoms with E-state index >= 15 is 0 Å². The Morgan fingerprint density at radius 2 is 1.95 bits per heavy atom. The van der Waals surface area contributed by atoms with Crippen LogP contribution in [-0.2, 0) is 6.42 Å². The molecule has 0 amide bonds. The first-order chi connectivity index (χ1) is 9.61. The van der Waals surface area contributed by atoms with Crippen molar-refractivity contribution in [3.63, 3.8) is 0 Å². The van der Waals surface area contributed by atoms with E-state index < -0.39 is 6.04 Å². The highest BCUT2D eigenvalue weighted by atomic mass is 79.9. The van der Waals surface area contributed by atoms with Crippen LogP contribution in [0, 0.1) is 10.1 Å². The Bertz CT molecular complexity index is 601. The fourth-order valence-corrected chi connectivity index (χ4v) is 2.45. The molecule has 0 aromatic heterocycles. The molecule has 0 N–H and O–H groups in total. The van der Waals surface area contributed by atoms with Crippen molar-refractivity contribution in [2.45, 2.75) is 12.5 Å². The van der Waals surface area contributed by atoms with Crippen LogP contribution in [0.4, 0.5) is 0 Å². The van der Waals surface area contributed by atoms with E-state index in [-0.39, 0.29) is 4.92 Å². The first kappa shape index (κ1) is 14.5. The third-order valence-electron chi connectivity index (χ3n) is 3.08. The minimum Gasteiger partial charge on any atom is -0.496 e. The van der Waals surface area contributed by atoms with E-state index in [1.54, 1.807) is 19.2 Å². The van der Waals surface area contributed by atoms with Gasteiger partial charge < -0.3 is 4.74 Å². The zero-order valence-corrected chi connectivity index (χ0v) is 12.5. The van der Waals surface area contributed by atoms with E-state index in [0.29, 0.717) is 17.7 Å². The molecule has 2 aromatic rings. The molecule has 20 heavy (non-hydrogen) atoms. The minimum atomic E-state index is -0.748. The number of nitro groups is 1. The predicted octanol–water partition coefficient (Wildman–Crippen LogP) is 4.02. The largest absolute Gasteiger partial charge is 0.496 e. The highest BCUT2D eigenvalue weighted by molar-refractivity contribution is 9.10. The molecule has 2 rings (SSSR count). The van der Waals surface area contributed by atoms with Crippen molar-refractivity contribution in [1.82, 2.24) is 0 Å². The van der Waals surface area contributed by atoms with Crippen LogP contribution in [0.25, 0.3) is 0 Å². The molecule has 0 heterocycles. The highest BCUT2D eigenvalue weighted by Crippen LogP contribution is 2.28. The lowest BCUT2D eigenvalue weighted by molar-refractivity contribution is -0.528. The third kappa shape index (κ3) is 3.36. The molecule has 0 fully saturated rings. The maximum Gasteiger partial charge on any atom is 0.242 e. The van der Waals surface area contributed by atoms with Crippen molar-refractivity contribution in [2.75, 3.05) is 7.11 Å². The second kappa shape index (κ2) is 6.52. The van der Waals surface area contributed by atoms with Crippen LogP contribution in [0.1, 0.15) is 17.2 Å². The van der Waals surface area contributed by atoms with Crippen molar-refractivity contribution < 1.29 is 9.66 Å². The Morgan fingerprint density at radius 3 is 2.55 bits per heavy atom. The van der Waals surface area contributed by atoms with E-state index in [4.69, 9.17) is 4.74 Å². The van der Waals surface area contributed by atoms with Gasteiger partial charge in [-0.1, -0.05) is 36.4 Å². The van der Waals surface area contributed by atoms with Gasteiger partial charge in [0.25, 0.3) is 0 Å². The third-order valence-corrected chi connectivity index (χ3v) is 3.74. The molecule has 2 aromatic carbocycles. The molecule has 5 heteroatoms. The van der Waals surface area contributed by atoms with Gasteiger partial charge in [0.2, 0.25) is 6.04 Å². The summed E-state index contributed by atoms with van der Waals surface area (Å²) in [5.74, 6) is 0.678. The van der Waals surface area contributed by atoms with Crippen molar-refractivity contribution in [1.29, 1.82) is 0 Å². The summed E-state index contributed by atoms with van der Waals surface area (Å²) in [5, 5.41) is 11.3. The van der Waals surface area contributed by atoms with Crippen LogP contribution in [-0.4, -0.2) is 12.0 Å². The van der Waals surface area contributed by atoms with Gasteiger partial charge in [-0.05, 0) is 33.6 Å². The maximum atomic E-state index is 11.3. The summed E-state index contributed by atoms with van der Waals surface area (Å²) in [6.07, 6.45) is 0.334. The second-order valence-corrected chi connectivity index (χ2v) is 5.24. The first-order valence-corrected chi connectivity index (χ1v) is 6.92. The van der Waals surface area contributed by atoms with Crippen molar-refractivity contribution in [3.8, 4) is 5.75 Å². The molecular formula is C15H14BrNO3. The van der Waals surface area contributed by atoms with E-state index in [2.05, 4.69) is 15.9 Å². The van der Waals surface area contributed by atoms with Gasteiger partial charge in [-0.3, -0.25) is 10.1 Å². The quantitative estimate of drug-likeness (QED) is 0.612. The monoisotopic (exact) mass is 335 g/mol. The van der Waals surface area contributed by atoms with Crippen LogP contribution in [0.5, 0.6) is 5.75 Å². The van der Waals surface area contributed by atoms with Gasteiger partial charge in [0.05, 0.1) is 11.6 Å². The van der Waals surface area contributed by atoms with Crippen LogP contribution in [0.3, 0.4) is 0 Å². The molecule has 1 atom stereocenters. The summed E-state index contributed by atoms with van der Waals surface area (Å²) in [6.45, 7) is 0. The van der Waals surface area contributed by atoms with E-state index in [1.807, 2.05) is 36.4 Å². The molecular weight excluding hydrogens is 322 g/mol. The summed E-state index contributed by atoms with van der Waals surface area (Å²) in [5.41, 5.74) is 1.58.